The van der Waals surface area contributed by atoms with Crippen molar-refractivity contribution >= 4 is 22.6 Å². The highest BCUT2D eigenvalue weighted by atomic mass is 127. The number of hydrogen-bond acceptors (Lipinski definition) is 1. The molecule has 0 bridgehead atoms. The third kappa shape index (κ3) is 2.41. The van der Waals surface area contributed by atoms with Crippen LogP contribution in [-0.4, -0.2) is 0 Å². The maximum absolute atomic E-state index is 13.5. The molecule has 0 aliphatic carbocycles. The number of hydrogen-bond donors (Lipinski definition) is 1. The maximum atomic E-state index is 13.5. The van der Waals surface area contributed by atoms with Crippen molar-refractivity contribution < 1.29 is 4.39 Å². The van der Waals surface area contributed by atoms with Crippen LogP contribution in [0.1, 0.15) is 17.2 Å². The fourth-order valence-corrected chi connectivity index (χ4v) is 2.17. The highest BCUT2D eigenvalue weighted by Gasteiger charge is 2.12. The molecule has 2 aromatic rings. The Balaban J connectivity index is 2.39. The highest BCUT2D eigenvalue weighted by molar-refractivity contribution is 14.1. The van der Waals surface area contributed by atoms with E-state index in [0.717, 1.165) is 9.13 Å². The van der Waals surface area contributed by atoms with E-state index in [2.05, 4.69) is 22.6 Å². The molecule has 1 unspecified atom stereocenters. The Labute approximate surface area is 108 Å². The van der Waals surface area contributed by atoms with Crippen molar-refractivity contribution in [1.82, 2.24) is 0 Å². The number of rotatable bonds is 2. The zero-order valence-corrected chi connectivity index (χ0v) is 10.7. The van der Waals surface area contributed by atoms with Gasteiger partial charge in [-0.25, -0.2) is 4.39 Å². The predicted octanol–water partition coefficient (Wildman–Crippen LogP) is 3.48. The first kappa shape index (κ1) is 11.5. The minimum Gasteiger partial charge on any atom is -0.320 e. The van der Waals surface area contributed by atoms with Crippen LogP contribution in [0.3, 0.4) is 0 Å². The van der Waals surface area contributed by atoms with E-state index in [4.69, 9.17) is 5.73 Å². The molecule has 1 nitrogen and oxygen atoms in total. The first-order chi connectivity index (χ1) is 7.68. The van der Waals surface area contributed by atoms with Gasteiger partial charge in [0.25, 0.3) is 0 Å². The van der Waals surface area contributed by atoms with Crippen LogP contribution in [0.4, 0.5) is 4.39 Å². The summed E-state index contributed by atoms with van der Waals surface area (Å²) in [6.45, 7) is 0. The Bertz CT molecular complexity index is 499. The molecule has 0 fully saturated rings. The van der Waals surface area contributed by atoms with Gasteiger partial charge in [0.2, 0.25) is 0 Å². The van der Waals surface area contributed by atoms with E-state index in [1.54, 1.807) is 18.2 Å². The van der Waals surface area contributed by atoms with Crippen LogP contribution in [0.2, 0.25) is 0 Å². The van der Waals surface area contributed by atoms with Gasteiger partial charge in [-0.05, 0) is 46.4 Å². The largest absolute Gasteiger partial charge is 0.320 e. The van der Waals surface area contributed by atoms with Gasteiger partial charge < -0.3 is 5.73 Å². The molecule has 0 aliphatic heterocycles. The maximum Gasteiger partial charge on any atom is 0.128 e. The van der Waals surface area contributed by atoms with Crippen LogP contribution in [0.25, 0.3) is 0 Å². The molecule has 0 amide bonds. The number of benzene rings is 2. The van der Waals surface area contributed by atoms with Gasteiger partial charge in [-0.3, -0.25) is 0 Å². The molecule has 82 valence electrons. The van der Waals surface area contributed by atoms with Gasteiger partial charge in [0.05, 0.1) is 6.04 Å². The molecular weight excluding hydrogens is 316 g/mol. The van der Waals surface area contributed by atoms with E-state index in [9.17, 15) is 4.39 Å². The zero-order valence-electron chi connectivity index (χ0n) is 8.53. The van der Waals surface area contributed by atoms with Crippen LogP contribution < -0.4 is 5.73 Å². The van der Waals surface area contributed by atoms with Crippen molar-refractivity contribution in [1.29, 1.82) is 0 Å². The fourth-order valence-electron chi connectivity index (χ4n) is 1.61. The topological polar surface area (TPSA) is 26.0 Å². The van der Waals surface area contributed by atoms with Gasteiger partial charge >= 0.3 is 0 Å². The van der Waals surface area contributed by atoms with Crippen molar-refractivity contribution in [3.8, 4) is 0 Å². The minimum atomic E-state index is -0.407. The summed E-state index contributed by atoms with van der Waals surface area (Å²) < 4.78 is 14.6. The van der Waals surface area contributed by atoms with Crippen molar-refractivity contribution in [3.05, 3.63) is 69.0 Å². The number of halogens is 2. The first-order valence-corrected chi connectivity index (χ1v) is 6.02. The predicted molar refractivity (Wildman–Crippen MR) is 71.6 cm³/mol. The molecule has 16 heavy (non-hydrogen) atoms. The molecule has 1 atom stereocenters. The Morgan fingerprint density at radius 2 is 1.81 bits per heavy atom. The summed E-state index contributed by atoms with van der Waals surface area (Å²) in [5.41, 5.74) is 7.50. The van der Waals surface area contributed by atoms with Crippen LogP contribution in [0.5, 0.6) is 0 Å². The smallest absolute Gasteiger partial charge is 0.128 e. The van der Waals surface area contributed by atoms with Gasteiger partial charge in [-0.2, -0.15) is 0 Å². The second kappa shape index (κ2) is 4.93. The average Bonchev–Trinajstić information content (AvgIpc) is 2.29. The summed E-state index contributed by atoms with van der Waals surface area (Å²) in [5, 5.41) is 0. The summed E-state index contributed by atoms with van der Waals surface area (Å²) in [6, 6.07) is 14.0. The Morgan fingerprint density at radius 3 is 2.50 bits per heavy atom. The molecule has 2 N–H and O–H groups in total. The Kier molecular flexibility index (Phi) is 3.56. The minimum absolute atomic E-state index is 0.256. The Hall–Kier alpha value is -0.940. The van der Waals surface area contributed by atoms with Crippen LogP contribution in [0.15, 0.2) is 48.5 Å². The van der Waals surface area contributed by atoms with Gasteiger partial charge in [0.1, 0.15) is 5.82 Å². The van der Waals surface area contributed by atoms with Crippen LogP contribution in [0, 0.1) is 9.39 Å². The molecule has 0 radical (unpaired) electrons. The molecule has 0 saturated heterocycles. The Morgan fingerprint density at radius 1 is 1.06 bits per heavy atom. The summed E-state index contributed by atoms with van der Waals surface area (Å²) in [5.74, 6) is -0.256. The second-order valence-electron chi connectivity index (χ2n) is 3.55. The van der Waals surface area contributed by atoms with Crippen molar-refractivity contribution in [2.45, 2.75) is 6.04 Å². The van der Waals surface area contributed by atoms with E-state index in [0.29, 0.717) is 5.56 Å². The quantitative estimate of drug-likeness (QED) is 0.840. The first-order valence-electron chi connectivity index (χ1n) is 4.94. The van der Waals surface area contributed by atoms with Gasteiger partial charge in [0, 0.05) is 9.13 Å². The molecule has 0 saturated carbocycles. The van der Waals surface area contributed by atoms with E-state index in [1.165, 1.54) is 6.07 Å². The lowest BCUT2D eigenvalue weighted by atomic mass is 9.99. The lowest BCUT2D eigenvalue weighted by Gasteiger charge is -2.13. The summed E-state index contributed by atoms with van der Waals surface area (Å²) >= 11 is 2.22. The molecule has 3 heteroatoms. The van der Waals surface area contributed by atoms with E-state index in [1.807, 2.05) is 24.3 Å². The highest BCUT2D eigenvalue weighted by Crippen LogP contribution is 2.23. The van der Waals surface area contributed by atoms with Crippen molar-refractivity contribution in [2.75, 3.05) is 0 Å². The molecule has 2 rings (SSSR count). The molecule has 0 heterocycles. The summed E-state index contributed by atoms with van der Waals surface area (Å²) in [6.07, 6.45) is 0. The lowest BCUT2D eigenvalue weighted by molar-refractivity contribution is 0.599. The normalized spacial score (nSPS) is 12.4. The van der Waals surface area contributed by atoms with Gasteiger partial charge in [0.15, 0.2) is 0 Å². The average molecular weight is 327 g/mol. The zero-order chi connectivity index (χ0) is 11.5. The van der Waals surface area contributed by atoms with E-state index < -0.39 is 6.04 Å². The molecule has 0 spiro atoms. The monoisotopic (exact) mass is 327 g/mol. The van der Waals surface area contributed by atoms with Crippen LogP contribution in [-0.2, 0) is 0 Å². The molecular formula is C13H11FIN. The SMILES string of the molecule is NC(c1cccc(I)c1)c1ccccc1F. The second-order valence-corrected chi connectivity index (χ2v) is 4.80. The number of nitrogens with two attached hydrogens (primary N) is 1. The summed E-state index contributed by atoms with van der Waals surface area (Å²) in [4.78, 5) is 0. The van der Waals surface area contributed by atoms with E-state index in [-0.39, 0.29) is 5.82 Å². The molecule has 0 aromatic heterocycles. The molecule has 0 aliphatic rings. The van der Waals surface area contributed by atoms with Gasteiger partial charge in [-0.1, -0.05) is 30.3 Å². The fraction of sp³-hybridized carbons (Fsp3) is 0.0769. The van der Waals surface area contributed by atoms with Crippen molar-refractivity contribution in [3.63, 3.8) is 0 Å². The third-order valence-electron chi connectivity index (χ3n) is 2.45. The lowest BCUT2D eigenvalue weighted by Crippen LogP contribution is -2.13. The third-order valence-corrected chi connectivity index (χ3v) is 3.12. The van der Waals surface area contributed by atoms with Crippen molar-refractivity contribution in [2.24, 2.45) is 5.73 Å². The standard InChI is InChI=1S/C13H11FIN/c14-12-7-2-1-6-11(12)13(16)9-4-3-5-10(15)8-9/h1-8,13H,16H2. The van der Waals surface area contributed by atoms with E-state index >= 15 is 0 Å². The van der Waals surface area contributed by atoms with Gasteiger partial charge in [-0.15, -0.1) is 0 Å². The molecule has 2 aromatic carbocycles. The van der Waals surface area contributed by atoms with Crippen LogP contribution >= 0.6 is 22.6 Å². The summed E-state index contributed by atoms with van der Waals surface area (Å²) in [7, 11) is 0.